The van der Waals surface area contributed by atoms with Crippen LogP contribution in [-0.4, -0.2) is 47.5 Å². The Hall–Kier alpha value is -3.90. The SMILES string of the molecule is COc1ccccc1CN[C@@H](Cc1ccccc1)CN1CC(=O)n2c(cc3cc(C4CC4)ccc32)C1=O. The van der Waals surface area contributed by atoms with Gasteiger partial charge in [-0.1, -0.05) is 54.6 Å². The van der Waals surface area contributed by atoms with E-state index in [1.54, 1.807) is 16.6 Å². The zero-order valence-electron chi connectivity index (χ0n) is 21.0. The third kappa shape index (κ3) is 4.77. The highest BCUT2D eigenvalue weighted by atomic mass is 16.5. The Morgan fingerprint density at radius 2 is 1.76 bits per heavy atom. The molecule has 6 nitrogen and oxygen atoms in total. The van der Waals surface area contributed by atoms with Crippen LogP contribution >= 0.6 is 0 Å². The van der Waals surface area contributed by atoms with Crippen molar-refractivity contribution in [1.29, 1.82) is 0 Å². The molecule has 1 aliphatic carbocycles. The van der Waals surface area contributed by atoms with E-state index in [1.165, 1.54) is 24.0 Å². The molecule has 188 valence electrons. The van der Waals surface area contributed by atoms with E-state index in [2.05, 4.69) is 29.6 Å². The molecule has 1 atom stereocenters. The lowest BCUT2D eigenvalue weighted by atomic mass is 10.0. The minimum Gasteiger partial charge on any atom is -0.496 e. The van der Waals surface area contributed by atoms with Gasteiger partial charge in [0.2, 0.25) is 0 Å². The molecule has 1 aromatic heterocycles. The van der Waals surface area contributed by atoms with Crippen LogP contribution in [0.2, 0.25) is 0 Å². The second kappa shape index (κ2) is 9.87. The molecule has 0 saturated heterocycles. The quantitative estimate of drug-likeness (QED) is 0.356. The van der Waals surface area contributed by atoms with Gasteiger partial charge in [-0.15, -0.1) is 0 Å². The molecule has 4 aromatic rings. The molecule has 3 aromatic carbocycles. The molecule has 1 N–H and O–H groups in total. The lowest BCUT2D eigenvalue weighted by Crippen LogP contribution is -2.50. The predicted molar refractivity (Wildman–Crippen MR) is 144 cm³/mol. The maximum atomic E-state index is 13.6. The molecule has 2 aliphatic rings. The first kappa shape index (κ1) is 23.5. The predicted octanol–water partition coefficient (Wildman–Crippen LogP) is 5.02. The van der Waals surface area contributed by atoms with E-state index in [-0.39, 0.29) is 24.4 Å². The van der Waals surface area contributed by atoms with E-state index in [0.717, 1.165) is 28.6 Å². The summed E-state index contributed by atoms with van der Waals surface area (Å²) in [4.78, 5) is 28.6. The number of carbonyl (C=O) groups excluding carboxylic acids is 2. The maximum Gasteiger partial charge on any atom is 0.271 e. The minimum atomic E-state index is -0.0964. The fourth-order valence-electron chi connectivity index (χ4n) is 5.41. The van der Waals surface area contributed by atoms with E-state index in [1.807, 2.05) is 54.6 Å². The van der Waals surface area contributed by atoms with Crippen LogP contribution in [-0.2, 0) is 13.0 Å². The number of fused-ring (bicyclic) bond motifs is 3. The van der Waals surface area contributed by atoms with Crippen LogP contribution in [0.15, 0.2) is 78.9 Å². The van der Waals surface area contributed by atoms with Gasteiger partial charge in [0, 0.05) is 30.1 Å². The molecule has 1 saturated carbocycles. The zero-order chi connectivity index (χ0) is 25.4. The van der Waals surface area contributed by atoms with E-state index in [9.17, 15) is 9.59 Å². The second-order valence-corrected chi connectivity index (χ2v) is 10.1. The highest BCUT2D eigenvalue weighted by Crippen LogP contribution is 2.41. The summed E-state index contributed by atoms with van der Waals surface area (Å²) in [6, 6.07) is 26.3. The van der Waals surface area contributed by atoms with Gasteiger partial charge in [0.15, 0.2) is 0 Å². The van der Waals surface area contributed by atoms with Crippen LogP contribution in [0.4, 0.5) is 0 Å². The van der Waals surface area contributed by atoms with Gasteiger partial charge in [0.05, 0.1) is 12.6 Å². The zero-order valence-corrected chi connectivity index (χ0v) is 21.0. The van der Waals surface area contributed by atoms with Gasteiger partial charge in [-0.25, -0.2) is 0 Å². The molecule has 1 fully saturated rings. The first-order valence-corrected chi connectivity index (χ1v) is 13.0. The number of para-hydroxylation sites is 1. The van der Waals surface area contributed by atoms with Crippen molar-refractivity contribution in [3.63, 3.8) is 0 Å². The largest absolute Gasteiger partial charge is 0.496 e. The normalized spacial score (nSPS) is 16.2. The number of aromatic nitrogens is 1. The summed E-state index contributed by atoms with van der Waals surface area (Å²) >= 11 is 0. The van der Waals surface area contributed by atoms with Gasteiger partial charge >= 0.3 is 0 Å². The Labute approximate surface area is 216 Å². The fraction of sp³-hybridized carbons (Fsp3) is 0.290. The van der Waals surface area contributed by atoms with Crippen LogP contribution in [0.25, 0.3) is 10.9 Å². The van der Waals surface area contributed by atoms with Crippen LogP contribution in [0, 0.1) is 0 Å². The molecule has 6 rings (SSSR count). The van der Waals surface area contributed by atoms with Crippen molar-refractivity contribution in [3.05, 3.63) is 101 Å². The van der Waals surface area contributed by atoms with Crippen LogP contribution in [0.1, 0.15) is 50.7 Å². The summed E-state index contributed by atoms with van der Waals surface area (Å²) in [5.41, 5.74) is 4.82. The third-order valence-corrected chi connectivity index (χ3v) is 7.50. The Morgan fingerprint density at radius 3 is 2.54 bits per heavy atom. The molecule has 37 heavy (non-hydrogen) atoms. The summed E-state index contributed by atoms with van der Waals surface area (Å²) in [6.45, 7) is 1.10. The van der Waals surface area contributed by atoms with E-state index in [0.29, 0.717) is 24.7 Å². The van der Waals surface area contributed by atoms with Crippen molar-refractivity contribution in [2.45, 2.75) is 37.8 Å². The number of methoxy groups -OCH3 is 1. The number of hydrogen-bond acceptors (Lipinski definition) is 4. The van der Waals surface area contributed by atoms with Crippen LogP contribution in [0.3, 0.4) is 0 Å². The van der Waals surface area contributed by atoms with Crippen molar-refractivity contribution in [2.24, 2.45) is 0 Å². The number of ether oxygens (including phenoxy) is 1. The topological polar surface area (TPSA) is 63.6 Å². The smallest absolute Gasteiger partial charge is 0.271 e. The van der Waals surface area contributed by atoms with Crippen molar-refractivity contribution in [2.75, 3.05) is 20.2 Å². The van der Waals surface area contributed by atoms with Gasteiger partial charge in [-0.2, -0.15) is 0 Å². The first-order valence-electron chi connectivity index (χ1n) is 13.0. The fourth-order valence-corrected chi connectivity index (χ4v) is 5.41. The highest BCUT2D eigenvalue weighted by molar-refractivity contribution is 6.09. The van der Waals surface area contributed by atoms with Crippen molar-refractivity contribution in [1.82, 2.24) is 14.8 Å². The Balaban J connectivity index is 1.25. The standard InChI is InChI=1S/C31H31N3O3/c1-37-29-10-6-5-9-24(29)18-32-26(15-21-7-3-2-4-8-21)19-33-20-30(35)34-27-14-13-23(22-11-12-22)16-25(27)17-28(34)31(33)36/h2-10,13-14,16-17,22,26,32H,11-12,15,18-20H2,1H3/t26-/m0/s1. The van der Waals surface area contributed by atoms with Crippen molar-refractivity contribution in [3.8, 4) is 5.75 Å². The molecule has 0 bridgehead atoms. The number of carbonyl (C=O) groups is 2. The van der Waals surface area contributed by atoms with Gasteiger partial charge < -0.3 is 15.0 Å². The molecule has 0 unspecified atom stereocenters. The van der Waals surface area contributed by atoms with E-state index >= 15 is 0 Å². The Kier molecular flexibility index (Phi) is 6.26. The van der Waals surface area contributed by atoms with Crippen LogP contribution in [0.5, 0.6) is 5.75 Å². The summed E-state index contributed by atoms with van der Waals surface area (Å²) in [5.74, 6) is 1.29. The molecule has 0 radical (unpaired) electrons. The molecule has 1 amide bonds. The minimum absolute atomic E-state index is 0.0403. The molecule has 2 heterocycles. The number of amides is 1. The lowest BCUT2D eigenvalue weighted by molar-refractivity contribution is 0.0608. The van der Waals surface area contributed by atoms with E-state index < -0.39 is 0 Å². The number of nitrogens with one attached hydrogen (secondary N) is 1. The van der Waals surface area contributed by atoms with Crippen molar-refractivity contribution >= 4 is 22.7 Å². The third-order valence-electron chi connectivity index (χ3n) is 7.50. The van der Waals surface area contributed by atoms with Crippen LogP contribution < -0.4 is 10.1 Å². The van der Waals surface area contributed by atoms with E-state index in [4.69, 9.17) is 4.74 Å². The molecule has 1 aliphatic heterocycles. The molecular formula is C31H31N3O3. The summed E-state index contributed by atoms with van der Waals surface area (Å²) in [7, 11) is 1.67. The second-order valence-electron chi connectivity index (χ2n) is 10.1. The van der Waals surface area contributed by atoms with Gasteiger partial charge in [0.25, 0.3) is 11.8 Å². The number of nitrogens with zero attached hydrogens (tertiary/aromatic N) is 2. The molecule has 6 heteroatoms. The average Bonchev–Trinajstić information content (AvgIpc) is 3.70. The number of rotatable bonds is 9. The molecule has 0 spiro atoms. The Morgan fingerprint density at radius 1 is 0.973 bits per heavy atom. The van der Waals surface area contributed by atoms with Gasteiger partial charge in [-0.05, 0) is 60.6 Å². The average molecular weight is 494 g/mol. The summed E-state index contributed by atoms with van der Waals surface area (Å²) in [5, 5.41) is 4.60. The van der Waals surface area contributed by atoms with Crippen molar-refractivity contribution < 1.29 is 14.3 Å². The maximum absolute atomic E-state index is 13.6. The van der Waals surface area contributed by atoms with Gasteiger partial charge in [-0.3, -0.25) is 14.2 Å². The van der Waals surface area contributed by atoms with Gasteiger partial charge in [0.1, 0.15) is 18.0 Å². The Bertz CT molecular complexity index is 1460. The lowest BCUT2D eigenvalue weighted by Gasteiger charge is -2.31. The first-order chi connectivity index (χ1) is 18.1. The summed E-state index contributed by atoms with van der Waals surface area (Å²) in [6.07, 6.45) is 3.17. The molecular weight excluding hydrogens is 462 g/mol. The summed E-state index contributed by atoms with van der Waals surface area (Å²) < 4.78 is 7.13. The highest BCUT2D eigenvalue weighted by Gasteiger charge is 2.33. The number of benzene rings is 3. The number of hydrogen-bond donors (Lipinski definition) is 1. The monoisotopic (exact) mass is 493 g/mol.